The highest BCUT2D eigenvalue weighted by Crippen LogP contribution is 2.72. The van der Waals surface area contributed by atoms with Crippen molar-refractivity contribution in [1.29, 1.82) is 0 Å². The van der Waals surface area contributed by atoms with E-state index in [1.165, 1.54) is 64.6 Å². The first-order valence-electron chi connectivity index (χ1n) is 17.8. The first-order chi connectivity index (χ1) is 20.9. The van der Waals surface area contributed by atoms with E-state index in [0.29, 0.717) is 22.5 Å². The topological polar surface area (TPSA) is 55.8 Å². The van der Waals surface area contributed by atoms with Gasteiger partial charge >= 0.3 is 5.97 Å². The smallest absolute Gasteiger partial charge is 0.331 e. The van der Waals surface area contributed by atoms with Gasteiger partial charge < -0.3 is 14.6 Å². The molecule has 3 fully saturated rings. The van der Waals surface area contributed by atoms with Crippen molar-refractivity contribution in [1.82, 2.24) is 0 Å². The van der Waals surface area contributed by atoms with E-state index < -0.39 is 0 Å². The van der Waals surface area contributed by atoms with Gasteiger partial charge in [-0.1, -0.05) is 79.0 Å². The number of benzene rings is 1. The number of aromatic hydroxyl groups is 1. The number of phenols is 1. The van der Waals surface area contributed by atoms with Crippen molar-refractivity contribution in [2.45, 2.75) is 125 Å². The van der Waals surface area contributed by atoms with Crippen LogP contribution in [-0.4, -0.2) is 24.3 Å². The van der Waals surface area contributed by atoms with Crippen LogP contribution in [0.15, 0.2) is 35.9 Å². The molecule has 0 spiro atoms. The summed E-state index contributed by atoms with van der Waals surface area (Å²) in [5.41, 5.74) is 3.37. The Kier molecular flexibility index (Phi) is 9.70. The molecule has 0 heterocycles. The van der Waals surface area contributed by atoms with Crippen LogP contribution in [0.4, 0.5) is 0 Å². The molecule has 4 aliphatic carbocycles. The van der Waals surface area contributed by atoms with E-state index in [1.54, 1.807) is 29.8 Å². The molecular formula is C40H60O4. The molecule has 4 heteroatoms. The Balaban J connectivity index is 1.24. The van der Waals surface area contributed by atoms with Gasteiger partial charge in [-0.15, -0.1) is 0 Å². The zero-order chi connectivity index (χ0) is 31.9. The van der Waals surface area contributed by atoms with Crippen molar-refractivity contribution in [3.8, 4) is 11.5 Å². The third-order valence-corrected chi connectivity index (χ3v) is 13.7. The fourth-order valence-corrected chi connectivity index (χ4v) is 11.2. The highest BCUT2D eigenvalue weighted by Gasteiger charge is 2.64. The number of esters is 1. The Labute approximate surface area is 268 Å². The minimum atomic E-state index is -0.301. The Morgan fingerprint density at radius 1 is 1.02 bits per heavy atom. The summed E-state index contributed by atoms with van der Waals surface area (Å²) >= 11 is 0. The van der Waals surface area contributed by atoms with Crippen molar-refractivity contribution >= 4 is 12.0 Å². The maximum Gasteiger partial charge on any atom is 0.331 e. The molecule has 4 nitrogen and oxygen atoms in total. The van der Waals surface area contributed by atoms with Gasteiger partial charge in [-0.05, 0) is 127 Å². The molecule has 9 atom stereocenters. The summed E-state index contributed by atoms with van der Waals surface area (Å²) in [5, 5.41) is 9.84. The minimum Gasteiger partial charge on any atom is -0.504 e. The van der Waals surface area contributed by atoms with Gasteiger partial charge in [0.1, 0.15) is 6.10 Å². The molecule has 4 aliphatic rings. The average molecular weight is 605 g/mol. The Bertz CT molecular complexity index is 1250. The third-order valence-electron chi connectivity index (χ3n) is 13.7. The summed E-state index contributed by atoms with van der Waals surface area (Å²) in [4.78, 5) is 12.8. The summed E-state index contributed by atoms with van der Waals surface area (Å²) in [6.07, 6.45) is 19.5. The summed E-state index contributed by atoms with van der Waals surface area (Å²) < 4.78 is 11.2. The maximum absolute atomic E-state index is 12.8. The van der Waals surface area contributed by atoms with Gasteiger partial charge in [-0.3, -0.25) is 0 Å². The molecule has 5 rings (SSSR count). The lowest BCUT2D eigenvalue weighted by atomic mass is 9.41. The molecule has 3 saturated carbocycles. The number of hydrogen-bond acceptors (Lipinski definition) is 4. The summed E-state index contributed by atoms with van der Waals surface area (Å²) in [6.45, 7) is 17.7. The number of carbonyl (C=O) groups excluding carboxylic acids is 1. The van der Waals surface area contributed by atoms with Gasteiger partial charge in [-0.25, -0.2) is 4.79 Å². The van der Waals surface area contributed by atoms with Crippen LogP contribution in [0.5, 0.6) is 11.5 Å². The highest BCUT2D eigenvalue weighted by atomic mass is 16.5. The lowest BCUT2D eigenvalue weighted by Gasteiger charge is -2.63. The number of hydrogen-bond donors (Lipinski definition) is 1. The van der Waals surface area contributed by atoms with Crippen LogP contribution in [0.3, 0.4) is 0 Å². The van der Waals surface area contributed by atoms with Crippen molar-refractivity contribution in [2.24, 2.45) is 51.8 Å². The molecule has 244 valence electrons. The lowest BCUT2D eigenvalue weighted by Crippen LogP contribution is -2.56. The van der Waals surface area contributed by atoms with Crippen LogP contribution >= 0.6 is 0 Å². The van der Waals surface area contributed by atoms with Gasteiger partial charge in [0.15, 0.2) is 11.5 Å². The summed E-state index contributed by atoms with van der Waals surface area (Å²) in [6, 6.07) is 5.05. The molecule has 0 radical (unpaired) electrons. The second-order valence-electron chi connectivity index (χ2n) is 16.2. The fourth-order valence-electron chi connectivity index (χ4n) is 11.2. The quantitative estimate of drug-likeness (QED) is 0.164. The van der Waals surface area contributed by atoms with Crippen LogP contribution < -0.4 is 4.74 Å². The summed E-state index contributed by atoms with van der Waals surface area (Å²) in [7, 11) is 1.52. The monoisotopic (exact) mass is 604 g/mol. The molecule has 1 aromatic carbocycles. The molecular weight excluding hydrogens is 544 g/mol. The van der Waals surface area contributed by atoms with Crippen LogP contribution in [0.25, 0.3) is 6.08 Å². The van der Waals surface area contributed by atoms with Crippen LogP contribution in [0.1, 0.15) is 125 Å². The molecule has 1 N–H and O–H groups in total. The van der Waals surface area contributed by atoms with Gasteiger partial charge in [0.05, 0.1) is 7.11 Å². The molecule has 1 aromatic rings. The van der Waals surface area contributed by atoms with E-state index >= 15 is 0 Å². The SMILES string of the molecule is CC[C@H](CC[C@@H](C)[C@H]1CC[C@@H]2[C@@]1(C)CC[C@H]1[C@]2(C)CC=C2CC(OC(=O)/C=C/c3ccc(O)c(OC)c3)CC[C@]21C)C(C)C. The van der Waals surface area contributed by atoms with Gasteiger partial charge in [0, 0.05) is 12.5 Å². The highest BCUT2D eigenvalue weighted by molar-refractivity contribution is 5.87. The third kappa shape index (κ3) is 6.01. The van der Waals surface area contributed by atoms with Crippen molar-refractivity contribution in [3.63, 3.8) is 0 Å². The predicted molar refractivity (Wildman–Crippen MR) is 180 cm³/mol. The van der Waals surface area contributed by atoms with E-state index in [1.807, 2.05) is 0 Å². The number of phenolic OH excluding ortho intramolecular Hbond substituents is 1. The first-order valence-corrected chi connectivity index (χ1v) is 17.8. The fraction of sp³-hybridized carbons (Fsp3) is 0.725. The van der Waals surface area contributed by atoms with Gasteiger partial charge in [-0.2, -0.15) is 0 Å². The van der Waals surface area contributed by atoms with E-state index in [-0.39, 0.29) is 23.2 Å². The number of allylic oxidation sites excluding steroid dienone is 1. The van der Waals surface area contributed by atoms with Crippen molar-refractivity contribution in [2.75, 3.05) is 7.11 Å². The molecule has 0 amide bonds. The average Bonchev–Trinajstić information content (AvgIpc) is 3.35. The molecule has 0 saturated heterocycles. The second kappa shape index (κ2) is 12.9. The van der Waals surface area contributed by atoms with Crippen molar-refractivity contribution in [3.05, 3.63) is 41.5 Å². The van der Waals surface area contributed by atoms with Crippen molar-refractivity contribution < 1.29 is 19.4 Å². The Morgan fingerprint density at radius 2 is 1.80 bits per heavy atom. The molecule has 1 unspecified atom stereocenters. The summed E-state index contributed by atoms with van der Waals surface area (Å²) in [5.74, 6) is 5.04. The standard InChI is InChI=1S/C40H60O4/c1-9-29(26(2)3)13-10-27(4)32-14-16-35-39(32,6)23-20-36-38(5)22-19-31(25-30(38)18-21-40(35,36)7)44-37(42)17-12-28-11-15-33(41)34(24-28)43-8/h11-12,15,17-18,24,26-27,29,31-32,35-36,41H,9-10,13-14,16,19-23,25H2,1-8H3/b17-12+/t27-,29-,31?,32-,35-,36-,38-,39+,40-/m1/s1. The van der Waals surface area contributed by atoms with Crippen LogP contribution in [0, 0.1) is 51.8 Å². The number of rotatable bonds is 10. The molecule has 44 heavy (non-hydrogen) atoms. The number of methoxy groups -OCH3 is 1. The normalized spacial score (nSPS) is 36.2. The molecule has 0 aliphatic heterocycles. The number of fused-ring (bicyclic) bond motifs is 5. The molecule has 0 aromatic heterocycles. The van der Waals surface area contributed by atoms with Gasteiger partial charge in [0.25, 0.3) is 0 Å². The Hall–Kier alpha value is -2.23. The first kappa shape index (κ1) is 33.1. The van der Waals surface area contributed by atoms with E-state index in [0.717, 1.165) is 54.4 Å². The second-order valence-corrected chi connectivity index (χ2v) is 16.2. The predicted octanol–water partition coefficient (Wildman–Crippen LogP) is 10.4. The van der Waals surface area contributed by atoms with Gasteiger partial charge in [0.2, 0.25) is 0 Å². The van der Waals surface area contributed by atoms with Crippen LogP contribution in [-0.2, 0) is 9.53 Å². The number of ether oxygens (including phenoxy) is 2. The maximum atomic E-state index is 12.8. The zero-order valence-electron chi connectivity index (χ0n) is 29.0. The van der Waals surface area contributed by atoms with E-state index in [2.05, 4.69) is 54.5 Å². The minimum absolute atomic E-state index is 0.0615. The van der Waals surface area contributed by atoms with Crippen LogP contribution in [0.2, 0.25) is 0 Å². The lowest BCUT2D eigenvalue weighted by molar-refractivity contribution is -0.147. The zero-order valence-corrected chi connectivity index (χ0v) is 29.0. The largest absolute Gasteiger partial charge is 0.504 e. The number of carbonyl (C=O) groups is 1. The molecule has 0 bridgehead atoms. The van der Waals surface area contributed by atoms with E-state index in [9.17, 15) is 9.90 Å². The van der Waals surface area contributed by atoms with E-state index in [4.69, 9.17) is 9.47 Å². The Morgan fingerprint density at radius 3 is 2.50 bits per heavy atom.